The van der Waals surface area contributed by atoms with Crippen molar-refractivity contribution in [3.63, 3.8) is 0 Å². The first kappa shape index (κ1) is 29.7. The van der Waals surface area contributed by atoms with Crippen LogP contribution in [0.4, 0.5) is 0 Å². The monoisotopic (exact) mass is 498 g/mol. The van der Waals surface area contributed by atoms with Crippen LogP contribution in [-0.4, -0.2) is 37.5 Å². The summed E-state index contributed by atoms with van der Waals surface area (Å²) in [6.45, 7) is 15.5. The highest BCUT2D eigenvalue weighted by Crippen LogP contribution is 2.41. The van der Waals surface area contributed by atoms with Crippen LogP contribution in [0.5, 0.6) is 11.5 Å². The Hall–Kier alpha value is -2.53. The molecular formula is C31H46O5. The van der Waals surface area contributed by atoms with Gasteiger partial charge in [-0.15, -0.1) is 0 Å². The zero-order chi connectivity index (χ0) is 26.9. The summed E-state index contributed by atoms with van der Waals surface area (Å²) < 4.78 is 16.7. The number of methoxy groups -OCH3 is 1. The summed E-state index contributed by atoms with van der Waals surface area (Å²) in [4.78, 5) is 11.3. The number of aliphatic hydroxyl groups excluding tert-OH is 1. The second kappa shape index (κ2) is 13.1. The smallest absolute Gasteiger partial charge is 0.305 e. The molecule has 1 N–H and O–H groups in total. The van der Waals surface area contributed by atoms with Gasteiger partial charge in [-0.05, 0) is 79.3 Å². The zero-order valence-electron chi connectivity index (χ0n) is 23.6. The number of hydrogen-bond donors (Lipinski definition) is 1. The molecule has 2 rings (SSSR count). The van der Waals surface area contributed by atoms with E-state index in [1.807, 2.05) is 26.8 Å². The average molecular weight is 499 g/mol. The van der Waals surface area contributed by atoms with Crippen LogP contribution in [0.25, 0.3) is 0 Å². The normalized spacial score (nSPS) is 12.8. The van der Waals surface area contributed by atoms with Crippen LogP contribution in [0.2, 0.25) is 0 Å². The van der Waals surface area contributed by atoms with Crippen molar-refractivity contribution in [1.29, 1.82) is 0 Å². The van der Waals surface area contributed by atoms with Crippen LogP contribution in [0.3, 0.4) is 0 Å². The number of unbranched alkanes of at least 4 members (excludes halogenated alkanes) is 1. The maximum Gasteiger partial charge on any atom is 0.305 e. The molecule has 0 aliphatic rings. The summed E-state index contributed by atoms with van der Waals surface area (Å²) >= 11 is 0. The van der Waals surface area contributed by atoms with Gasteiger partial charge in [0.2, 0.25) is 0 Å². The fourth-order valence-electron chi connectivity index (χ4n) is 4.53. The molecule has 0 spiro atoms. The van der Waals surface area contributed by atoms with Crippen molar-refractivity contribution in [2.75, 3.05) is 20.3 Å². The number of rotatable bonds is 13. The second-order valence-corrected chi connectivity index (χ2v) is 10.8. The maximum atomic E-state index is 11.3. The Morgan fingerprint density at radius 2 is 1.42 bits per heavy atom. The maximum absolute atomic E-state index is 11.3. The van der Waals surface area contributed by atoms with Crippen LogP contribution < -0.4 is 9.47 Å². The van der Waals surface area contributed by atoms with Gasteiger partial charge in [-0.3, -0.25) is 4.79 Å². The lowest BCUT2D eigenvalue weighted by Gasteiger charge is -2.34. The Morgan fingerprint density at radius 1 is 0.889 bits per heavy atom. The topological polar surface area (TPSA) is 65.0 Å². The molecule has 0 aromatic heterocycles. The molecule has 5 heteroatoms. The van der Waals surface area contributed by atoms with Crippen LogP contribution in [0.15, 0.2) is 36.4 Å². The number of hydrogen-bond acceptors (Lipinski definition) is 5. The van der Waals surface area contributed by atoms with Crippen LogP contribution >= 0.6 is 0 Å². The number of ether oxygens (including phenoxy) is 3. The molecular weight excluding hydrogens is 452 g/mol. The third-order valence-electron chi connectivity index (χ3n) is 7.32. The standard InChI is InChI=1S/C31H46O5/c1-9-31(10-2,25-15-17-27(23(4)20-25)36-21-28(32)30(5,6)7)24-14-16-26(22(3)19-24)35-18-12-11-13-29(33)34-8/h14-17,19-20,28,32H,9-13,18,21H2,1-8H3. The summed E-state index contributed by atoms with van der Waals surface area (Å²) in [7, 11) is 1.42. The highest BCUT2D eigenvalue weighted by molar-refractivity contribution is 5.68. The van der Waals surface area contributed by atoms with Crippen molar-refractivity contribution in [3.05, 3.63) is 58.7 Å². The molecule has 2 aromatic carbocycles. The first-order chi connectivity index (χ1) is 17.0. The minimum absolute atomic E-state index is 0.113. The third kappa shape index (κ3) is 7.49. The number of esters is 1. The molecule has 0 aliphatic heterocycles. The molecule has 0 amide bonds. The number of carbonyl (C=O) groups excluding carboxylic acids is 1. The molecule has 0 saturated heterocycles. The summed E-state index contributed by atoms with van der Waals surface area (Å²) in [6, 6.07) is 12.9. The molecule has 0 heterocycles. The van der Waals surface area contributed by atoms with Gasteiger partial charge in [-0.1, -0.05) is 58.9 Å². The first-order valence-corrected chi connectivity index (χ1v) is 13.2. The van der Waals surface area contributed by atoms with E-state index in [1.54, 1.807) is 0 Å². The molecule has 5 nitrogen and oxygen atoms in total. The second-order valence-electron chi connectivity index (χ2n) is 10.8. The van der Waals surface area contributed by atoms with E-state index < -0.39 is 6.10 Å². The Kier molecular flexibility index (Phi) is 10.8. The van der Waals surface area contributed by atoms with Gasteiger partial charge < -0.3 is 19.3 Å². The van der Waals surface area contributed by atoms with Crippen molar-refractivity contribution >= 4 is 5.97 Å². The summed E-state index contributed by atoms with van der Waals surface area (Å²) in [5, 5.41) is 10.4. The van der Waals surface area contributed by atoms with E-state index in [-0.39, 0.29) is 23.4 Å². The van der Waals surface area contributed by atoms with Gasteiger partial charge in [0.1, 0.15) is 18.1 Å². The number of benzene rings is 2. The van der Waals surface area contributed by atoms with Crippen molar-refractivity contribution in [3.8, 4) is 11.5 Å². The largest absolute Gasteiger partial charge is 0.493 e. The molecule has 2 aromatic rings. The van der Waals surface area contributed by atoms with Gasteiger partial charge in [-0.25, -0.2) is 0 Å². The van der Waals surface area contributed by atoms with E-state index in [9.17, 15) is 9.90 Å². The molecule has 0 radical (unpaired) electrons. The molecule has 0 aliphatic carbocycles. The van der Waals surface area contributed by atoms with Crippen LogP contribution in [0.1, 0.15) is 89.0 Å². The molecule has 0 saturated carbocycles. The Morgan fingerprint density at radius 3 is 1.86 bits per heavy atom. The van der Waals surface area contributed by atoms with E-state index in [4.69, 9.17) is 9.47 Å². The van der Waals surface area contributed by atoms with Crippen molar-refractivity contribution < 1.29 is 24.1 Å². The third-order valence-corrected chi connectivity index (χ3v) is 7.32. The molecule has 0 bridgehead atoms. The molecule has 1 atom stereocenters. The molecule has 200 valence electrons. The molecule has 0 fully saturated rings. The van der Waals surface area contributed by atoms with E-state index in [0.29, 0.717) is 13.0 Å². The van der Waals surface area contributed by atoms with Gasteiger partial charge in [0, 0.05) is 11.8 Å². The van der Waals surface area contributed by atoms with Crippen molar-refractivity contribution in [2.45, 2.75) is 92.1 Å². The predicted octanol–water partition coefficient (Wildman–Crippen LogP) is 6.92. The van der Waals surface area contributed by atoms with Gasteiger partial charge >= 0.3 is 5.97 Å². The van der Waals surface area contributed by atoms with Crippen molar-refractivity contribution in [2.24, 2.45) is 5.41 Å². The summed E-state index contributed by atoms with van der Waals surface area (Å²) in [5.41, 5.74) is 4.40. The van der Waals surface area contributed by atoms with E-state index in [1.165, 1.54) is 18.2 Å². The Bertz CT molecular complexity index is 985. The SMILES string of the molecule is CCC(CC)(c1ccc(OCCCCC(=O)OC)c(C)c1)c1ccc(OCC(O)C(C)(C)C)c(C)c1. The quantitative estimate of drug-likeness (QED) is 0.240. The van der Waals surface area contributed by atoms with Gasteiger partial charge in [0.25, 0.3) is 0 Å². The Labute approximate surface area is 218 Å². The lowest BCUT2D eigenvalue weighted by molar-refractivity contribution is -0.140. The lowest BCUT2D eigenvalue weighted by atomic mass is 9.70. The summed E-state index contributed by atoms with van der Waals surface area (Å²) in [6.07, 6.45) is 3.40. The van der Waals surface area contributed by atoms with E-state index in [0.717, 1.165) is 48.3 Å². The number of aliphatic hydroxyl groups is 1. The van der Waals surface area contributed by atoms with Crippen molar-refractivity contribution in [1.82, 2.24) is 0 Å². The minimum atomic E-state index is -0.529. The number of carbonyl (C=O) groups is 1. The average Bonchev–Trinajstić information content (AvgIpc) is 2.84. The predicted molar refractivity (Wildman–Crippen MR) is 146 cm³/mol. The van der Waals surface area contributed by atoms with Crippen LogP contribution in [0, 0.1) is 19.3 Å². The Balaban J connectivity index is 2.18. The zero-order valence-corrected chi connectivity index (χ0v) is 23.6. The summed E-state index contributed by atoms with van der Waals surface area (Å²) in [5.74, 6) is 1.52. The highest BCUT2D eigenvalue weighted by atomic mass is 16.5. The van der Waals surface area contributed by atoms with Crippen LogP contribution in [-0.2, 0) is 14.9 Å². The minimum Gasteiger partial charge on any atom is -0.493 e. The fourth-order valence-corrected chi connectivity index (χ4v) is 4.53. The van der Waals surface area contributed by atoms with E-state index >= 15 is 0 Å². The van der Waals surface area contributed by atoms with Gasteiger partial charge in [-0.2, -0.15) is 0 Å². The van der Waals surface area contributed by atoms with Gasteiger partial charge in [0.15, 0.2) is 0 Å². The molecule has 36 heavy (non-hydrogen) atoms. The first-order valence-electron chi connectivity index (χ1n) is 13.2. The number of aryl methyl sites for hydroxylation is 2. The molecule has 1 unspecified atom stereocenters. The highest BCUT2D eigenvalue weighted by Gasteiger charge is 2.32. The van der Waals surface area contributed by atoms with Gasteiger partial charge in [0.05, 0.1) is 19.8 Å². The fraction of sp³-hybridized carbons (Fsp3) is 0.581. The van der Waals surface area contributed by atoms with E-state index in [2.05, 4.69) is 62.8 Å². The lowest BCUT2D eigenvalue weighted by Crippen LogP contribution is -2.32.